The Kier molecular flexibility index (Phi) is 6.55. The van der Waals surface area contributed by atoms with E-state index in [1.54, 1.807) is 34.2 Å². The molecule has 1 aromatic heterocycles. The summed E-state index contributed by atoms with van der Waals surface area (Å²) in [6.45, 7) is 4.10. The van der Waals surface area contributed by atoms with E-state index >= 15 is 4.39 Å². The summed E-state index contributed by atoms with van der Waals surface area (Å²) in [4.78, 5) is 57.9. The molecular formula is C30H33FN6O4. The number of urea groups is 1. The topological polar surface area (TPSA) is 119 Å². The van der Waals surface area contributed by atoms with E-state index in [9.17, 15) is 19.2 Å². The minimum Gasteiger partial charge on any atom is -0.341 e. The highest BCUT2D eigenvalue weighted by atomic mass is 19.1. The summed E-state index contributed by atoms with van der Waals surface area (Å²) >= 11 is 0. The van der Waals surface area contributed by atoms with Crippen molar-refractivity contribution in [2.45, 2.75) is 57.0 Å². The number of benzene rings is 2. The number of likely N-dealkylation sites (tertiary alicyclic amines) is 1. The van der Waals surface area contributed by atoms with Crippen molar-refractivity contribution in [3.8, 4) is 0 Å². The van der Waals surface area contributed by atoms with Crippen molar-refractivity contribution in [1.82, 2.24) is 25.3 Å². The predicted molar refractivity (Wildman–Crippen MR) is 150 cm³/mol. The Balaban J connectivity index is 1.20. The van der Waals surface area contributed by atoms with Crippen LogP contribution in [-0.4, -0.2) is 75.5 Å². The fourth-order valence-corrected chi connectivity index (χ4v) is 6.15. The zero-order valence-electron chi connectivity index (χ0n) is 23.3. The third kappa shape index (κ3) is 4.43. The summed E-state index contributed by atoms with van der Waals surface area (Å²) in [5.74, 6) is -1.85. The van der Waals surface area contributed by atoms with E-state index in [2.05, 4.69) is 15.5 Å². The smallest absolute Gasteiger partial charge is 0.331 e. The molecule has 3 aromatic rings. The van der Waals surface area contributed by atoms with Gasteiger partial charge in [0.1, 0.15) is 17.4 Å². The number of aromatic amines is 1. The molecule has 3 heterocycles. The number of imide groups is 1. The number of hydrogen-bond acceptors (Lipinski definition) is 5. The number of piperidine rings is 1. The van der Waals surface area contributed by atoms with Gasteiger partial charge in [-0.15, -0.1) is 0 Å². The zero-order valence-corrected chi connectivity index (χ0v) is 23.3. The van der Waals surface area contributed by atoms with E-state index in [4.69, 9.17) is 0 Å². The molecule has 5 amide bonds. The molecule has 2 aromatic carbocycles. The van der Waals surface area contributed by atoms with Gasteiger partial charge in [-0.05, 0) is 67.3 Å². The molecule has 41 heavy (non-hydrogen) atoms. The van der Waals surface area contributed by atoms with Crippen LogP contribution in [0.1, 0.15) is 61.4 Å². The standard InChI is InChI=1S/C30H33FN6O4/c1-17(2)25(33-26(38)22-6-4-5-21(24(22)31)18-7-8-18)27(39)36-13-11-30(12-14-36)28(40)35(3)29(41)37(30)20-9-10-23-19(15-20)16-32-34-23/h4-6,9-10,15-18,25H,7-8,11-14H2,1-3H3,(H,32,34)(H,33,38)/t25-/m1/s1. The van der Waals surface area contributed by atoms with Crippen LogP contribution in [0.3, 0.4) is 0 Å². The van der Waals surface area contributed by atoms with Crippen LogP contribution in [0.4, 0.5) is 14.9 Å². The van der Waals surface area contributed by atoms with E-state index in [1.165, 1.54) is 13.1 Å². The molecule has 0 bridgehead atoms. The van der Waals surface area contributed by atoms with Gasteiger partial charge in [0.2, 0.25) is 5.91 Å². The second kappa shape index (κ2) is 9.97. The number of halogens is 1. The number of aromatic nitrogens is 2. The number of rotatable bonds is 6. The molecule has 1 saturated carbocycles. The molecule has 1 spiro atoms. The Morgan fingerprint density at radius 3 is 2.54 bits per heavy atom. The van der Waals surface area contributed by atoms with Crippen LogP contribution in [0.15, 0.2) is 42.6 Å². The normalized spacial score (nSPS) is 19.5. The predicted octanol–water partition coefficient (Wildman–Crippen LogP) is 3.79. The Labute approximate surface area is 236 Å². The molecule has 0 unspecified atom stereocenters. The van der Waals surface area contributed by atoms with Crippen LogP contribution in [0, 0.1) is 11.7 Å². The van der Waals surface area contributed by atoms with Gasteiger partial charge in [0.05, 0.1) is 17.3 Å². The minimum absolute atomic E-state index is 0.0613. The van der Waals surface area contributed by atoms with Gasteiger partial charge in [0.15, 0.2) is 0 Å². The molecule has 2 saturated heterocycles. The van der Waals surface area contributed by atoms with Gasteiger partial charge in [0, 0.05) is 31.2 Å². The van der Waals surface area contributed by atoms with Crippen molar-refractivity contribution in [3.63, 3.8) is 0 Å². The largest absolute Gasteiger partial charge is 0.341 e. The van der Waals surface area contributed by atoms with E-state index < -0.39 is 29.3 Å². The van der Waals surface area contributed by atoms with Gasteiger partial charge in [-0.3, -0.25) is 29.3 Å². The van der Waals surface area contributed by atoms with Gasteiger partial charge >= 0.3 is 6.03 Å². The van der Waals surface area contributed by atoms with Gasteiger partial charge in [0.25, 0.3) is 11.8 Å². The van der Waals surface area contributed by atoms with Crippen LogP contribution < -0.4 is 10.2 Å². The summed E-state index contributed by atoms with van der Waals surface area (Å²) in [6, 6.07) is 8.97. The van der Waals surface area contributed by atoms with Gasteiger partial charge in [-0.1, -0.05) is 26.0 Å². The summed E-state index contributed by atoms with van der Waals surface area (Å²) in [7, 11) is 1.47. The third-order valence-electron chi connectivity index (χ3n) is 8.70. The number of nitrogens with one attached hydrogen (secondary N) is 2. The van der Waals surface area contributed by atoms with Crippen LogP contribution in [0.5, 0.6) is 0 Å². The summed E-state index contributed by atoms with van der Waals surface area (Å²) in [6.07, 6.45) is 3.96. The zero-order chi connectivity index (χ0) is 29.1. The lowest BCUT2D eigenvalue weighted by atomic mass is 9.85. The van der Waals surface area contributed by atoms with Crippen molar-refractivity contribution >= 4 is 40.3 Å². The summed E-state index contributed by atoms with van der Waals surface area (Å²) in [5.41, 5.74) is 0.764. The van der Waals surface area contributed by atoms with Crippen molar-refractivity contribution in [3.05, 3.63) is 59.5 Å². The average molecular weight is 561 g/mol. The van der Waals surface area contributed by atoms with E-state index in [1.807, 2.05) is 26.0 Å². The van der Waals surface area contributed by atoms with Gasteiger partial charge in [-0.25, -0.2) is 9.18 Å². The Morgan fingerprint density at radius 2 is 1.85 bits per heavy atom. The molecule has 2 aliphatic heterocycles. The Hall–Kier alpha value is -4.28. The minimum atomic E-state index is -1.12. The highest BCUT2D eigenvalue weighted by Crippen LogP contribution is 2.42. The molecule has 3 fully saturated rings. The summed E-state index contributed by atoms with van der Waals surface area (Å²) < 4.78 is 15.1. The van der Waals surface area contributed by atoms with Crippen molar-refractivity contribution in [2.75, 3.05) is 25.0 Å². The maximum atomic E-state index is 15.1. The number of anilines is 1. The van der Waals surface area contributed by atoms with E-state index in [-0.39, 0.29) is 55.1 Å². The number of H-pyrrole nitrogens is 1. The summed E-state index contributed by atoms with van der Waals surface area (Å²) in [5, 5.41) is 10.5. The first kappa shape index (κ1) is 26.9. The first-order valence-electron chi connectivity index (χ1n) is 14.1. The van der Waals surface area contributed by atoms with E-state index in [0.29, 0.717) is 11.3 Å². The fourth-order valence-electron chi connectivity index (χ4n) is 6.15. The second-order valence-electron chi connectivity index (χ2n) is 11.7. The number of carbonyl (C=O) groups is 4. The van der Waals surface area contributed by atoms with Gasteiger partial charge in [-0.2, -0.15) is 5.10 Å². The maximum Gasteiger partial charge on any atom is 0.331 e. The molecule has 214 valence electrons. The lowest BCUT2D eigenvalue weighted by molar-refractivity contribution is -0.139. The molecule has 10 nitrogen and oxygen atoms in total. The Bertz CT molecular complexity index is 1560. The molecule has 6 rings (SSSR count). The van der Waals surface area contributed by atoms with Gasteiger partial charge < -0.3 is 10.2 Å². The number of hydrogen-bond donors (Lipinski definition) is 2. The first-order valence-corrected chi connectivity index (χ1v) is 14.1. The number of fused-ring (bicyclic) bond motifs is 1. The average Bonchev–Trinajstić information content (AvgIpc) is 3.67. The van der Waals surface area contributed by atoms with Crippen LogP contribution >= 0.6 is 0 Å². The number of amides is 5. The molecule has 2 N–H and O–H groups in total. The van der Waals surface area contributed by atoms with Crippen molar-refractivity contribution in [1.29, 1.82) is 0 Å². The number of carbonyl (C=O) groups excluding carboxylic acids is 4. The maximum absolute atomic E-state index is 15.1. The molecule has 1 atom stereocenters. The molecule has 3 aliphatic rings. The van der Waals surface area contributed by atoms with Crippen LogP contribution in [0.25, 0.3) is 10.9 Å². The first-order chi connectivity index (χ1) is 19.6. The second-order valence-corrected chi connectivity index (χ2v) is 11.7. The van der Waals surface area contributed by atoms with E-state index in [0.717, 1.165) is 28.6 Å². The third-order valence-corrected chi connectivity index (χ3v) is 8.70. The van der Waals surface area contributed by atoms with Crippen molar-refractivity contribution in [2.24, 2.45) is 5.92 Å². The number of likely N-dealkylation sites (N-methyl/N-ethyl adjacent to an activating group) is 1. The fraction of sp³-hybridized carbons (Fsp3) is 0.433. The molecule has 0 radical (unpaired) electrons. The van der Waals surface area contributed by atoms with Crippen molar-refractivity contribution < 1.29 is 23.6 Å². The highest BCUT2D eigenvalue weighted by molar-refractivity contribution is 6.17. The number of nitrogens with zero attached hydrogens (tertiary/aromatic N) is 4. The van der Waals surface area contributed by atoms with Crippen LogP contribution in [-0.2, 0) is 9.59 Å². The molecule has 11 heteroatoms. The molecular weight excluding hydrogens is 527 g/mol. The highest BCUT2D eigenvalue weighted by Gasteiger charge is 2.58. The SMILES string of the molecule is CC(C)[C@@H](NC(=O)c1cccc(C2CC2)c1F)C(=O)N1CCC2(CC1)C(=O)N(C)C(=O)N2c1ccc2[nH]ncc2c1. The molecule has 1 aliphatic carbocycles. The lowest BCUT2D eigenvalue weighted by Crippen LogP contribution is -2.60. The monoisotopic (exact) mass is 560 g/mol. The van der Waals surface area contributed by atoms with Crippen LogP contribution in [0.2, 0.25) is 0 Å². The lowest BCUT2D eigenvalue weighted by Gasteiger charge is -2.43. The Morgan fingerprint density at radius 1 is 1.12 bits per heavy atom. The quantitative estimate of drug-likeness (QED) is 0.445.